The van der Waals surface area contributed by atoms with Gasteiger partial charge < -0.3 is 0 Å². The van der Waals surface area contributed by atoms with Crippen LogP contribution < -0.4 is 11.3 Å². The van der Waals surface area contributed by atoms with E-state index in [9.17, 15) is 0 Å². The third kappa shape index (κ3) is 2.77. The SMILES string of the molecule is Cn1nnc(Br)c1C(NN)c1cc(I)ccc1Br. The number of hydrogen-bond donors (Lipinski definition) is 2. The van der Waals surface area contributed by atoms with Crippen molar-refractivity contribution in [3.8, 4) is 0 Å². The minimum absolute atomic E-state index is 0.191. The van der Waals surface area contributed by atoms with Crippen LogP contribution in [0.2, 0.25) is 0 Å². The molecule has 0 amide bonds. The van der Waals surface area contributed by atoms with Gasteiger partial charge in [0.05, 0.1) is 11.7 Å². The topological polar surface area (TPSA) is 68.8 Å². The number of halogens is 3. The Bertz CT molecular complexity index is 552. The maximum absolute atomic E-state index is 5.69. The third-order valence-electron chi connectivity index (χ3n) is 2.54. The Balaban J connectivity index is 2.55. The number of nitrogens with two attached hydrogens (primary N) is 1. The van der Waals surface area contributed by atoms with Gasteiger partial charge in [0.2, 0.25) is 0 Å². The molecule has 1 aromatic heterocycles. The van der Waals surface area contributed by atoms with Crippen LogP contribution in [0.15, 0.2) is 27.3 Å². The second kappa shape index (κ2) is 5.95. The van der Waals surface area contributed by atoms with Gasteiger partial charge in [0.25, 0.3) is 0 Å². The van der Waals surface area contributed by atoms with E-state index in [2.05, 4.69) is 76.3 Å². The Kier molecular flexibility index (Phi) is 4.75. The van der Waals surface area contributed by atoms with Crippen molar-refractivity contribution in [1.82, 2.24) is 20.4 Å². The van der Waals surface area contributed by atoms with Crippen molar-refractivity contribution >= 4 is 54.5 Å². The van der Waals surface area contributed by atoms with Crippen molar-refractivity contribution in [2.45, 2.75) is 6.04 Å². The van der Waals surface area contributed by atoms with Crippen LogP contribution >= 0.6 is 54.5 Å². The van der Waals surface area contributed by atoms with Crippen LogP contribution in [-0.4, -0.2) is 15.0 Å². The number of aryl methyl sites for hydroxylation is 1. The van der Waals surface area contributed by atoms with Gasteiger partial charge in [-0.05, 0) is 62.3 Å². The number of hydrazine groups is 1. The van der Waals surface area contributed by atoms with Crippen LogP contribution in [0.5, 0.6) is 0 Å². The molecule has 1 heterocycles. The monoisotopic (exact) mass is 485 g/mol. The lowest BCUT2D eigenvalue weighted by Crippen LogP contribution is -2.31. The summed E-state index contributed by atoms with van der Waals surface area (Å²) in [5.41, 5.74) is 4.72. The smallest absolute Gasteiger partial charge is 0.153 e. The van der Waals surface area contributed by atoms with Gasteiger partial charge in [-0.2, -0.15) is 0 Å². The van der Waals surface area contributed by atoms with Crippen molar-refractivity contribution in [1.29, 1.82) is 0 Å². The molecule has 0 saturated carbocycles. The predicted octanol–water partition coefficient (Wildman–Crippen LogP) is 2.50. The Morgan fingerprint density at radius 2 is 2.17 bits per heavy atom. The second-order valence-corrected chi connectivity index (χ2v) is 6.51. The van der Waals surface area contributed by atoms with Crippen molar-refractivity contribution in [2.75, 3.05) is 0 Å². The van der Waals surface area contributed by atoms with Crippen molar-refractivity contribution in [2.24, 2.45) is 12.9 Å². The molecule has 2 rings (SSSR count). The fraction of sp³-hybridized carbons (Fsp3) is 0.200. The molecule has 3 N–H and O–H groups in total. The third-order valence-corrected chi connectivity index (χ3v) is 4.49. The Hall–Kier alpha value is -0.0300. The molecule has 1 unspecified atom stereocenters. The van der Waals surface area contributed by atoms with E-state index < -0.39 is 0 Å². The highest BCUT2D eigenvalue weighted by atomic mass is 127. The molecule has 0 saturated heterocycles. The summed E-state index contributed by atoms with van der Waals surface area (Å²) >= 11 is 9.20. The molecule has 0 spiro atoms. The zero-order valence-electron chi connectivity index (χ0n) is 9.36. The van der Waals surface area contributed by atoms with E-state index in [1.807, 2.05) is 19.2 Å². The molecule has 1 aromatic carbocycles. The van der Waals surface area contributed by atoms with E-state index in [1.54, 1.807) is 4.68 Å². The summed E-state index contributed by atoms with van der Waals surface area (Å²) in [6, 6.07) is 5.90. The van der Waals surface area contributed by atoms with E-state index in [4.69, 9.17) is 5.84 Å². The van der Waals surface area contributed by atoms with Gasteiger partial charge in [-0.15, -0.1) is 5.10 Å². The van der Waals surface area contributed by atoms with Gasteiger partial charge in [0.1, 0.15) is 0 Å². The number of nitrogens with zero attached hydrogens (tertiary/aromatic N) is 3. The van der Waals surface area contributed by atoms with Crippen molar-refractivity contribution < 1.29 is 0 Å². The largest absolute Gasteiger partial charge is 0.271 e. The summed E-state index contributed by atoms with van der Waals surface area (Å²) < 4.78 is 4.50. The molecule has 0 radical (unpaired) electrons. The summed E-state index contributed by atoms with van der Waals surface area (Å²) in [6.45, 7) is 0. The standard InChI is InChI=1S/C10H10Br2IN5/c1-18-9(10(12)16-17-18)8(15-14)6-4-5(13)2-3-7(6)11/h2-4,8,15H,14H2,1H3. The lowest BCUT2D eigenvalue weighted by atomic mass is 10.1. The first-order chi connectivity index (χ1) is 8.54. The zero-order valence-corrected chi connectivity index (χ0v) is 14.7. The van der Waals surface area contributed by atoms with Crippen LogP contribution in [-0.2, 0) is 7.05 Å². The van der Waals surface area contributed by atoms with Gasteiger partial charge in [-0.1, -0.05) is 21.1 Å². The van der Waals surface area contributed by atoms with E-state index in [0.717, 1.165) is 19.3 Å². The van der Waals surface area contributed by atoms with Gasteiger partial charge in [0.15, 0.2) is 4.60 Å². The molecule has 0 aliphatic rings. The quantitative estimate of drug-likeness (QED) is 0.397. The summed E-state index contributed by atoms with van der Waals surface area (Å²) in [5.74, 6) is 5.69. The van der Waals surface area contributed by atoms with Gasteiger partial charge in [-0.25, -0.2) is 10.1 Å². The summed E-state index contributed by atoms with van der Waals surface area (Å²) in [4.78, 5) is 0. The van der Waals surface area contributed by atoms with E-state index in [-0.39, 0.29) is 6.04 Å². The molecule has 1 atom stereocenters. The second-order valence-electron chi connectivity index (χ2n) is 3.65. The van der Waals surface area contributed by atoms with Crippen LogP contribution in [0.25, 0.3) is 0 Å². The number of rotatable bonds is 3. The van der Waals surface area contributed by atoms with Crippen LogP contribution in [0.1, 0.15) is 17.3 Å². The fourth-order valence-electron chi connectivity index (χ4n) is 1.70. The molecule has 0 bridgehead atoms. The number of hydrogen-bond acceptors (Lipinski definition) is 4. The van der Waals surface area contributed by atoms with Crippen molar-refractivity contribution in [3.05, 3.63) is 42.1 Å². The lowest BCUT2D eigenvalue weighted by molar-refractivity contribution is 0.567. The average molecular weight is 487 g/mol. The fourth-order valence-corrected chi connectivity index (χ4v) is 3.24. The van der Waals surface area contributed by atoms with Crippen LogP contribution in [0.3, 0.4) is 0 Å². The molecular weight excluding hydrogens is 477 g/mol. The Labute approximate surface area is 135 Å². The maximum atomic E-state index is 5.69. The highest BCUT2D eigenvalue weighted by molar-refractivity contribution is 14.1. The molecule has 5 nitrogen and oxygen atoms in total. The molecule has 8 heteroatoms. The van der Waals surface area contributed by atoms with E-state index in [0.29, 0.717) is 4.60 Å². The summed E-state index contributed by atoms with van der Waals surface area (Å²) in [5, 5.41) is 7.95. The van der Waals surface area contributed by atoms with E-state index in [1.165, 1.54) is 0 Å². The van der Waals surface area contributed by atoms with Crippen LogP contribution in [0.4, 0.5) is 0 Å². The minimum atomic E-state index is -0.191. The van der Waals surface area contributed by atoms with Gasteiger partial charge >= 0.3 is 0 Å². The lowest BCUT2D eigenvalue weighted by Gasteiger charge is -2.18. The van der Waals surface area contributed by atoms with Gasteiger partial charge in [-0.3, -0.25) is 5.84 Å². The summed E-state index contributed by atoms with van der Waals surface area (Å²) in [6.07, 6.45) is 0. The molecule has 2 aromatic rings. The maximum Gasteiger partial charge on any atom is 0.153 e. The first-order valence-corrected chi connectivity index (χ1v) is 7.67. The molecule has 0 aliphatic heterocycles. The van der Waals surface area contributed by atoms with E-state index >= 15 is 0 Å². The average Bonchev–Trinajstić information content (AvgIpc) is 2.66. The molecule has 0 aliphatic carbocycles. The first kappa shape index (κ1) is 14.4. The predicted molar refractivity (Wildman–Crippen MR) is 84.7 cm³/mol. The zero-order chi connectivity index (χ0) is 13.3. The summed E-state index contributed by atoms with van der Waals surface area (Å²) in [7, 11) is 1.83. The first-order valence-electron chi connectivity index (χ1n) is 5.00. The molecule has 96 valence electrons. The number of aromatic nitrogens is 3. The molecule has 18 heavy (non-hydrogen) atoms. The number of benzene rings is 1. The minimum Gasteiger partial charge on any atom is -0.271 e. The Morgan fingerprint density at radius 1 is 1.44 bits per heavy atom. The van der Waals surface area contributed by atoms with Gasteiger partial charge in [0, 0.05) is 15.1 Å². The highest BCUT2D eigenvalue weighted by Gasteiger charge is 2.22. The normalized spacial score (nSPS) is 12.7. The molecule has 0 fully saturated rings. The highest BCUT2D eigenvalue weighted by Crippen LogP contribution is 2.31. The molecular formula is C10H10Br2IN5. The van der Waals surface area contributed by atoms with Crippen molar-refractivity contribution in [3.63, 3.8) is 0 Å². The number of nitrogens with one attached hydrogen (secondary N) is 1. The van der Waals surface area contributed by atoms with Crippen LogP contribution in [0, 0.1) is 3.57 Å². The Morgan fingerprint density at radius 3 is 2.72 bits per heavy atom.